The Kier molecular flexibility index (Phi) is 5.13. The highest BCUT2D eigenvalue weighted by Gasteiger charge is 2.13. The van der Waals surface area contributed by atoms with Crippen molar-refractivity contribution in [3.63, 3.8) is 0 Å². The molecule has 20 heavy (non-hydrogen) atoms. The quantitative estimate of drug-likeness (QED) is 0.763. The molecule has 0 N–H and O–H groups in total. The van der Waals surface area contributed by atoms with Crippen LogP contribution in [0.1, 0.15) is 23.5 Å². The summed E-state index contributed by atoms with van der Waals surface area (Å²) in [6.45, 7) is 0. The van der Waals surface area contributed by atoms with Crippen LogP contribution in [-0.4, -0.2) is 13.1 Å². The summed E-state index contributed by atoms with van der Waals surface area (Å²) >= 11 is 0. The van der Waals surface area contributed by atoms with Crippen molar-refractivity contribution in [2.24, 2.45) is 0 Å². The number of allylic oxidation sites excluding steroid dienone is 1. The highest BCUT2D eigenvalue weighted by molar-refractivity contribution is 5.71. The highest BCUT2D eigenvalue weighted by atomic mass is 16.5. The molecular formula is C18H18O2. The Balaban J connectivity index is 2.19. The molecule has 2 aromatic carbocycles. The third-order valence-corrected chi connectivity index (χ3v) is 3.16. The van der Waals surface area contributed by atoms with Crippen LogP contribution in [-0.2, 0) is 9.53 Å². The van der Waals surface area contributed by atoms with Gasteiger partial charge in [-0.05, 0) is 11.1 Å². The van der Waals surface area contributed by atoms with Crippen LogP contribution in [0.2, 0.25) is 0 Å². The van der Waals surface area contributed by atoms with Crippen molar-refractivity contribution in [2.75, 3.05) is 7.11 Å². The van der Waals surface area contributed by atoms with Crippen LogP contribution in [0.3, 0.4) is 0 Å². The Bertz CT molecular complexity index is 558. The van der Waals surface area contributed by atoms with E-state index in [-0.39, 0.29) is 11.9 Å². The van der Waals surface area contributed by atoms with Gasteiger partial charge in [0.15, 0.2) is 0 Å². The molecule has 0 radical (unpaired) electrons. The Morgan fingerprint density at radius 3 is 2.25 bits per heavy atom. The van der Waals surface area contributed by atoms with Gasteiger partial charge in [-0.1, -0.05) is 72.8 Å². The topological polar surface area (TPSA) is 26.3 Å². The third kappa shape index (κ3) is 4.09. The van der Waals surface area contributed by atoms with Crippen molar-refractivity contribution in [2.45, 2.75) is 12.3 Å². The summed E-state index contributed by atoms with van der Waals surface area (Å²) < 4.78 is 4.78. The predicted octanol–water partition coefficient (Wildman–Crippen LogP) is 4.05. The van der Waals surface area contributed by atoms with Crippen LogP contribution < -0.4 is 0 Å². The van der Waals surface area contributed by atoms with E-state index in [9.17, 15) is 4.79 Å². The van der Waals surface area contributed by atoms with Crippen molar-refractivity contribution in [1.82, 2.24) is 0 Å². The van der Waals surface area contributed by atoms with Gasteiger partial charge in [-0.3, -0.25) is 4.79 Å². The molecule has 2 heteroatoms. The molecule has 0 saturated carbocycles. The third-order valence-electron chi connectivity index (χ3n) is 3.16. The second kappa shape index (κ2) is 7.29. The summed E-state index contributed by atoms with van der Waals surface area (Å²) in [6, 6.07) is 20.1. The van der Waals surface area contributed by atoms with E-state index in [1.165, 1.54) is 7.11 Å². The zero-order chi connectivity index (χ0) is 14.2. The molecule has 0 aliphatic rings. The van der Waals surface area contributed by atoms with Crippen molar-refractivity contribution in [3.05, 3.63) is 77.9 Å². The molecule has 0 fully saturated rings. The maximum atomic E-state index is 11.6. The van der Waals surface area contributed by atoms with Gasteiger partial charge in [0.1, 0.15) is 0 Å². The van der Waals surface area contributed by atoms with Gasteiger partial charge in [-0.15, -0.1) is 0 Å². The predicted molar refractivity (Wildman–Crippen MR) is 81.3 cm³/mol. The lowest BCUT2D eigenvalue weighted by Gasteiger charge is -2.11. The Labute approximate surface area is 119 Å². The lowest BCUT2D eigenvalue weighted by atomic mass is 9.94. The average molecular weight is 266 g/mol. The molecule has 0 bridgehead atoms. The van der Waals surface area contributed by atoms with E-state index in [0.717, 1.165) is 11.1 Å². The number of rotatable bonds is 5. The van der Waals surface area contributed by atoms with Crippen molar-refractivity contribution in [1.29, 1.82) is 0 Å². The molecule has 2 aromatic rings. The molecule has 2 rings (SSSR count). The molecule has 0 aliphatic heterocycles. The van der Waals surface area contributed by atoms with E-state index in [4.69, 9.17) is 4.74 Å². The molecule has 0 saturated heterocycles. The van der Waals surface area contributed by atoms with Gasteiger partial charge in [0.05, 0.1) is 13.5 Å². The zero-order valence-corrected chi connectivity index (χ0v) is 11.5. The summed E-state index contributed by atoms with van der Waals surface area (Å²) in [5.41, 5.74) is 2.24. The van der Waals surface area contributed by atoms with Gasteiger partial charge >= 0.3 is 5.97 Å². The fourth-order valence-electron chi connectivity index (χ4n) is 2.05. The lowest BCUT2D eigenvalue weighted by Crippen LogP contribution is -2.06. The molecule has 0 heterocycles. The molecule has 1 unspecified atom stereocenters. The molecule has 102 valence electrons. The molecule has 2 nitrogen and oxygen atoms in total. The number of esters is 1. The number of carbonyl (C=O) groups excluding carboxylic acids is 1. The first-order valence-corrected chi connectivity index (χ1v) is 6.64. The average Bonchev–Trinajstić information content (AvgIpc) is 2.53. The summed E-state index contributed by atoms with van der Waals surface area (Å²) in [5, 5.41) is 0. The number of hydrogen-bond acceptors (Lipinski definition) is 2. The maximum Gasteiger partial charge on any atom is 0.306 e. The first kappa shape index (κ1) is 14.1. The number of carbonyl (C=O) groups is 1. The molecule has 0 spiro atoms. The van der Waals surface area contributed by atoms with Crippen LogP contribution in [0, 0.1) is 0 Å². The van der Waals surface area contributed by atoms with E-state index >= 15 is 0 Å². The monoisotopic (exact) mass is 266 g/mol. The standard InChI is InChI=1S/C18H18O2/c1-20-18(19)14-17(16-10-6-3-7-11-16)13-12-15-8-4-2-5-9-15/h2-13,17H,14H2,1H3/b13-12+. The number of hydrogen-bond donors (Lipinski definition) is 0. The fourth-order valence-corrected chi connectivity index (χ4v) is 2.05. The van der Waals surface area contributed by atoms with Gasteiger partial charge in [0, 0.05) is 5.92 Å². The van der Waals surface area contributed by atoms with Gasteiger partial charge in [0.25, 0.3) is 0 Å². The summed E-state index contributed by atoms with van der Waals surface area (Å²) in [4.78, 5) is 11.6. The number of methoxy groups -OCH3 is 1. The minimum Gasteiger partial charge on any atom is -0.469 e. The van der Waals surface area contributed by atoms with Crippen molar-refractivity contribution < 1.29 is 9.53 Å². The molecule has 0 amide bonds. The van der Waals surface area contributed by atoms with Crippen molar-refractivity contribution >= 4 is 12.0 Å². The first-order chi connectivity index (χ1) is 9.79. The summed E-state index contributed by atoms with van der Waals surface area (Å²) in [5.74, 6) is -0.166. The highest BCUT2D eigenvalue weighted by Crippen LogP contribution is 2.22. The lowest BCUT2D eigenvalue weighted by molar-refractivity contribution is -0.140. The minimum atomic E-state index is -0.198. The van der Waals surface area contributed by atoms with E-state index in [1.807, 2.05) is 66.7 Å². The first-order valence-electron chi connectivity index (χ1n) is 6.64. The summed E-state index contributed by atoms with van der Waals surface area (Å²) in [7, 11) is 1.42. The SMILES string of the molecule is COC(=O)CC(/C=C/c1ccccc1)c1ccccc1. The van der Waals surface area contributed by atoms with E-state index in [1.54, 1.807) is 0 Å². The fraction of sp³-hybridized carbons (Fsp3) is 0.167. The minimum absolute atomic E-state index is 0.0313. The second-order valence-corrected chi connectivity index (χ2v) is 4.57. The Morgan fingerprint density at radius 2 is 1.65 bits per heavy atom. The van der Waals surface area contributed by atoms with Crippen LogP contribution in [0.15, 0.2) is 66.7 Å². The smallest absolute Gasteiger partial charge is 0.306 e. The van der Waals surface area contributed by atoms with E-state index in [0.29, 0.717) is 6.42 Å². The molecule has 0 aromatic heterocycles. The summed E-state index contributed by atoms with van der Waals surface area (Å²) in [6.07, 6.45) is 4.45. The van der Waals surface area contributed by atoms with Gasteiger partial charge in [-0.25, -0.2) is 0 Å². The number of benzene rings is 2. The largest absolute Gasteiger partial charge is 0.469 e. The zero-order valence-electron chi connectivity index (χ0n) is 11.5. The van der Waals surface area contributed by atoms with Gasteiger partial charge in [0.2, 0.25) is 0 Å². The van der Waals surface area contributed by atoms with Crippen LogP contribution in [0.25, 0.3) is 6.08 Å². The number of ether oxygens (including phenoxy) is 1. The van der Waals surface area contributed by atoms with Crippen molar-refractivity contribution in [3.8, 4) is 0 Å². The van der Waals surface area contributed by atoms with Crippen LogP contribution in [0.5, 0.6) is 0 Å². The molecular weight excluding hydrogens is 248 g/mol. The maximum absolute atomic E-state index is 11.6. The molecule has 1 atom stereocenters. The second-order valence-electron chi connectivity index (χ2n) is 4.57. The van der Waals surface area contributed by atoms with E-state index in [2.05, 4.69) is 6.08 Å². The Hall–Kier alpha value is -2.35. The molecule has 0 aliphatic carbocycles. The van der Waals surface area contributed by atoms with E-state index < -0.39 is 0 Å². The van der Waals surface area contributed by atoms with Gasteiger partial charge in [-0.2, -0.15) is 0 Å². The Morgan fingerprint density at radius 1 is 1.05 bits per heavy atom. The van der Waals surface area contributed by atoms with Crippen LogP contribution in [0.4, 0.5) is 0 Å². The van der Waals surface area contributed by atoms with Crippen LogP contribution >= 0.6 is 0 Å². The normalized spacial score (nSPS) is 12.2. The van der Waals surface area contributed by atoms with Gasteiger partial charge < -0.3 is 4.74 Å².